The lowest BCUT2D eigenvalue weighted by Crippen LogP contribution is -2.01. The Morgan fingerprint density at radius 2 is 1.79 bits per heavy atom. The van der Waals surface area contributed by atoms with Crippen LogP contribution < -0.4 is 5.73 Å². The van der Waals surface area contributed by atoms with E-state index in [2.05, 4.69) is 26.4 Å². The minimum Gasteiger partial charge on any atom is -0.382 e. The van der Waals surface area contributed by atoms with E-state index in [0.717, 1.165) is 18.5 Å². The molecule has 0 unspecified atom stereocenters. The maximum atomic E-state index is 5.86. The van der Waals surface area contributed by atoms with Gasteiger partial charge in [-0.2, -0.15) is 0 Å². The van der Waals surface area contributed by atoms with Gasteiger partial charge in [0.2, 0.25) is 0 Å². The van der Waals surface area contributed by atoms with Gasteiger partial charge in [0.25, 0.3) is 0 Å². The molecule has 2 rings (SSSR count). The number of rotatable bonds is 7. The van der Waals surface area contributed by atoms with E-state index in [1.165, 1.54) is 38.4 Å². The summed E-state index contributed by atoms with van der Waals surface area (Å²) in [5, 5.41) is 0. The van der Waals surface area contributed by atoms with Gasteiger partial charge in [-0.15, -0.1) is 17.0 Å². The molecule has 0 aliphatic heterocycles. The Bertz CT molecular complexity index is 497. The largest absolute Gasteiger partial charge is 0.382 e. The van der Waals surface area contributed by atoms with Crippen LogP contribution in [0.4, 0.5) is 5.82 Å². The van der Waals surface area contributed by atoms with Crippen molar-refractivity contribution in [3.63, 3.8) is 0 Å². The molecule has 0 spiro atoms. The molecule has 2 aromatic heterocycles. The van der Waals surface area contributed by atoms with Crippen molar-refractivity contribution in [3.8, 4) is 0 Å². The summed E-state index contributed by atoms with van der Waals surface area (Å²) in [4.78, 5) is 12.4. The molecule has 5 nitrogen and oxygen atoms in total. The van der Waals surface area contributed by atoms with Crippen LogP contribution >= 0.6 is 17.0 Å². The molecule has 0 aromatic carbocycles. The van der Waals surface area contributed by atoms with Crippen LogP contribution in [0, 0.1) is 0 Å². The van der Waals surface area contributed by atoms with Gasteiger partial charge in [-0.05, 0) is 6.42 Å². The summed E-state index contributed by atoms with van der Waals surface area (Å²) in [6, 6.07) is 0. The van der Waals surface area contributed by atoms with Crippen molar-refractivity contribution in [1.29, 1.82) is 0 Å². The highest BCUT2D eigenvalue weighted by atomic mass is 79.9. The Kier molecular flexibility index (Phi) is 6.77. The quantitative estimate of drug-likeness (QED) is 0.791. The molecule has 19 heavy (non-hydrogen) atoms. The van der Waals surface area contributed by atoms with Crippen LogP contribution in [-0.2, 0) is 6.54 Å². The molecule has 0 saturated heterocycles. The maximum absolute atomic E-state index is 5.86. The summed E-state index contributed by atoms with van der Waals surface area (Å²) in [6.07, 6.45) is 11.0. The molecule has 0 aliphatic rings. The van der Waals surface area contributed by atoms with Gasteiger partial charge in [0.15, 0.2) is 11.5 Å². The highest BCUT2D eigenvalue weighted by Gasteiger charge is 2.07. The normalized spacial score (nSPS) is 10.6. The van der Waals surface area contributed by atoms with Crippen molar-refractivity contribution in [2.45, 2.75) is 52.0 Å². The van der Waals surface area contributed by atoms with E-state index in [1.54, 1.807) is 0 Å². The molecule has 0 saturated carbocycles. The first-order chi connectivity index (χ1) is 8.83. The lowest BCUT2D eigenvalue weighted by Gasteiger charge is -2.05. The van der Waals surface area contributed by atoms with Gasteiger partial charge < -0.3 is 10.3 Å². The van der Waals surface area contributed by atoms with Gasteiger partial charge in [-0.3, -0.25) is 0 Å². The summed E-state index contributed by atoms with van der Waals surface area (Å²) in [5.74, 6) is 0.517. The van der Waals surface area contributed by atoms with Crippen LogP contribution in [0.3, 0.4) is 0 Å². The van der Waals surface area contributed by atoms with Crippen molar-refractivity contribution in [1.82, 2.24) is 19.5 Å². The zero-order valence-electron chi connectivity index (χ0n) is 11.4. The molecule has 0 aliphatic carbocycles. The zero-order chi connectivity index (χ0) is 12.8. The molecular weight excluding hydrogens is 306 g/mol. The van der Waals surface area contributed by atoms with Crippen LogP contribution in [-0.4, -0.2) is 19.5 Å². The number of nitrogen functional groups attached to an aromatic ring is 1. The fraction of sp³-hybridized carbons (Fsp3) is 0.615. The standard InChI is InChI=1S/C13H21N5.BrH/c1-2-3-4-5-6-7-8-18-10-17-13-11(18)12(14)15-9-16-13;/h9-10H,2-8H2,1H3,(H2,14,15,16);1H. The fourth-order valence-corrected chi connectivity index (χ4v) is 2.17. The second kappa shape index (κ2) is 8.09. The number of nitrogens with zero attached hydrogens (tertiary/aromatic N) is 4. The number of hydrogen-bond donors (Lipinski definition) is 1. The summed E-state index contributed by atoms with van der Waals surface area (Å²) in [7, 11) is 0. The maximum Gasteiger partial charge on any atom is 0.182 e. The minimum absolute atomic E-state index is 0. The average Bonchev–Trinajstić information content (AvgIpc) is 2.78. The Labute approximate surface area is 124 Å². The number of imidazole rings is 1. The number of halogens is 1. The van der Waals surface area contributed by atoms with Gasteiger partial charge in [-0.25, -0.2) is 15.0 Å². The topological polar surface area (TPSA) is 69.6 Å². The Hall–Kier alpha value is -1.17. The van der Waals surface area contributed by atoms with Crippen molar-refractivity contribution in [2.24, 2.45) is 0 Å². The van der Waals surface area contributed by atoms with Crippen LogP contribution in [0.25, 0.3) is 11.2 Å². The van der Waals surface area contributed by atoms with E-state index in [9.17, 15) is 0 Å². The first-order valence-electron chi connectivity index (χ1n) is 6.74. The highest BCUT2D eigenvalue weighted by Crippen LogP contribution is 2.16. The van der Waals surface area contributed by atoms with Crippen LogP contribution in [0.2, 0.25) is 0 Å². The van der Waals surface area contributed by atoms with Gasteiger partial charge in [0.05, 0.1) is 6.33 Å². The second-order valence-corrected chi connectivity index (χ2v) is 4.64. The van der Waals surface area contributed by atoms with Gasteiger partial charge >= 0.3 is 0 Å². The molecule has 0 fully saturated rings. The molecular formula is C13H22BrN5. The third-order valence-corrected chi connectivity index (χ3v) is 3.19. The van der Waals surface area contributed by atoms with E-state index < -0.39 is 0 Å². The van der Waals surface area contributed by atoms with E-state index in [-0.39, 0.29) is 17.0 Å². The fourth-order valence-electron chi connectivity index (χ4n) is 2.17. The molecule has 0 atom stereocenters. The molecule has 106 valence electrons. The third-order valence-electron chi connectivity index (χ3n) is 3.19. The Morgan fingerprint density at radius 1 is 1.05 bits per heavy atom. The number of aryl methyl sites for hydroxylation is 1. The van der Waals surface area contributed by atoms with E-state index in [0.29, 0.717) is 11.5 Å². The molecule has 0 amide bonds. The van der Waals surface area contributed by atoms with Crippen LogP contribution in [0.1, 0.15) is 45.4 Å². The number of nitrogens with two attached hydrogens (primary N) is 1. The van der Waals surface area contributed by atoms with E-state index in [4.69, 9.17) is 5.73 Å². The number of aromatic nitrogens is 4. The first-order valence-corrected chi connectivity index (χ1v) is 6.74. The highest BCUT2D eigenvalue weighted by molar-refractivity contribution is 8.93. The number of unbranched alkanes of at least 4 members (excludes halogenated alkanes) is 5. The minimum atomic E-state index is 0. The molecule has 2 N–H and O–H groups in total. The monoisotopic (exact) mass is 327 g/mol. The van der Waals surface area contributed by atoms with Gasteiger partial charge in [0, 0.05) is 6.54 Å². The molecule has 2 heterocycles. The summed E-state index contributed by atoms with van der Waals surface area (Å²) >= 11 is 0. The predicted octanol–water partition coefficient (Wildman–Crippen LogP) is 3.35. The van der Waals surface area contributed by atoms with Crippen molar-refractivity contribution < 1.29 is 0 Å². The summed E-state index contributed by atoms with van der Waals surface area (Å²) < 4.78 is 2.06. The molecule has 6 heteroatoms. The van der Waals surface area contributed by atoms with Gasteiger partial charge in [-0.1, -0.05) is 39.0 Å². The van der Waals surface area contributed by atoms with E-state index >= 15 is 0 Å². The zero-order valence-corrected chi connectivity index (χ0v) is 13.1. The van der Waals surface area contributed by atoms with Crippen LogP contribution in [0.15, 0.2) is 12.7 Å². The molecule has 2 aromatic rings. The first kappa shape index (κ1) is 15.9. The SMILES string of the molecule is Br.CCCCCCCCn1cnc2ncnc(N)c21. The van der Waals surface area contributed by atoms with E-state index in [1.807, 2.05) is 6.33 Å². The predicted molar refractivity (Wildman–Crippen MR) is 83.4 cm³/mol. The lowest BCUT2D eigenvalue weighted by atomic mass is 10.1. The number of hydrogen-bond acceptors (Lipinski definition) is 4. The van der Waals surface area contributed by atoms with Crippen molar-refractivity contribution >= 4 is 34.0 Å². The molecule has 0 radical (unpaired) electrons. The van der Waals surface area contributed by atoms with Crippen molar-refractivity contribution in [3.05, 3.63) is 12.7 Å². The number of anilines is 1. The second-order valence-electron chi connectivity index (χ2n) is 4.64. The van der Waals surface area contributed by atoms with Gasteiger partial charge in [0.1, 0.15) is 11.8 Å². The summed E-state index contributed by atoms with van der Waals surface area (Å²) in [6.45, 7) is 3.18. The van der Waals surface area contributed by atoms with Crippen LogP contribution in [0.5, 0.6) is 0 Å². The lowest BCUT2D eigenvalue weighted by molar-refractivity contribution is 0.564. The third kappa shape index (κ3) is 4.16. The summed E-state index contributed by atoms with van der Waals surface area (Å²) in [5.41, 5.74) is 7.41. The average molecular weight is 328 g/mol. The Balaban J connectivity index is 0.00000180. The Morgan fingerprint density at radius 3 is 2.58 bits per heavy atom. The molecule has 0 bridgehead atoms. The van der Waals surface area contributed by atoms with Crippen molar-refractivity contribution in [2.75, 3.05) is 5.73 Å². The number of fused-ring (bicyclic) bond motifs is 1. The smallest absolute Gasteiger partial charge is 0.182 e.